The van der Waals surface area contributed by atoms with E-state index < -0.39 is 5.60 Å². The molecule has 0 unspecified atom stereocenters. The number of amides is 2. The highest BCUT2D eigenvalue weighted by molar-refractivity contribution is 6.07. The molecule has 0 spiro atoms. The lowest BCUT2D eigenvalue weighted by atomic mass is 10.0. The smallest absolute Gasteiger partial charge is 0.410 e. The molecule has 1 aromatic carbocycles. The number of aromatic hydroxyl groups is 1. The Balaban J connectivity index is 1.44. The van der Waals surface area contributed by atoms with E-state index in [1.54, 1.807) is 34.1 Å². The van der Waals surface area contributed by atoms with Crippen molar-refractivity contribution in [1.29, 1.82) is 0 Å². The summed E-state index contributed by atoms with van der Waals surface area (Å²) in [6.45, 7) is 7.20. The molecular formula is C25H29N5O4. The molecule has 1 aliphatic heterocycles. The van der Waals surface area contributed by atoms with E-state index in [4.69, 9.17) is 9.72 Å². The molecule has 2 aliphatic rings. The second kappa shape index (κ2) is 8.30. The number of phenolic OH excluding ortho intramolecular Hbond substituents is 1. The number of piperazine rings is 1. The van der Waals surface area contributed by atoms with Crippen LogP contribution < -0.4 is 0 Å². The van der Waals surface area contributed by atoms with E-state index in [0.717, 1.165) is 29.5 Å². The lowest BCUT2D eigenvalue weighted by Gasteiger charge is -2.35. The molecule has 2 amide bonds. The van der Waals surface area contributed by atoms with E-state index in [1.807, 2.05) is 26.8 Å². The Hall–Kier alpha value is -3.62. The molecule has 3 heterocycles. The van der Waals surface area contributed by atoms with Gasteiger partial charge in [-0.15, -0.1) is 0 Å². The van der Waals surface area contributed by atoms with Gasteiger partial charge < -0.3 is 19.6 Å². The predicted molar refractivity (Wildman–Crippen MR) is 127 cm³/mol. The number of fused-ring (bicyclic) bond motifs is 1. The number of nitrogens with zero attached hydrogens (tertiary/aromatic N) is 4. The maximum absolute atomic E-state index is 13.7. The third-order valence-corrected chi connectivity index (χ3v) is 6.15. The van der Waals surface area contributed by atoms with Gasteiger partial charge in [0.25, 0.3) is 5.91 Å². The van der Waals surface area contributed by atoms with Gasteiger partial charge in [-0.25, -0.2) is 9.78 Å². The van der Waals surface area contributed by atoms with Crippen molar-refractivity contribution in [2.45, 2.75) is 45.1 Å². The maximum atomic E-state index is 13.7. The monoisotopic (exact) mass is 463 g/mol. The molecule has 2 fully saturated rings. The van der Waals surface area contributed by atoms with Crippen molar-refractivity contribution >= 4 is 23.0 Å². The second-order valence-electron chi connectivity index (χ2n) is 9.97. The van der Waals surface area contributed by atoms with Crippen molar-refractivity contribution in [2.24, 2.45) is 0 Å². The fraction of sp³-hybridized carbons (Fsp3) is 0.440. The van der Waals surface area contributed by atoms with Gasteiger partial charge >= 0.3 is 6.09 Å². The van der Waals surface area contributed by atoms with E-state index in [0.29, 0.717) is 49.0 Å². The van der Waals surface area contributed by atoms with E-state index >= 15 is 0 Å². The molecule has 9 nitrogen and oxygen atoms in total. The number of phenols is 1. The molecule has 9 heteroatoms. The Kier molecular flexibility index (Phi) is 5.42. The minimum atomic E-state index is -0.558. The molecule has 0 atom stereocenters. The summed E-state index contributed by atoms with van der Waals surface area (Å²) in [5, 5.41) is 18.0. The van der Waals surface area contributed by atoms with Crippen LogP contribution >= 0.6 is 0 Å². The average molecular weight is 464 g/mol. The average Bonchev–Trinajstić information content (AvgIpc) is 3.56. The fourth-order valence-corrected chi connectivity index (χ4v) is 4.25. The molecule has 0 radical (unpaired) electrons. The standard InChI is InChI=1S/C25H29N5O4/c1-25(2,3)34-24(33)30-12-10-29(11-13-30)23(32)18-14-19(15-6-8-17(31)9-7-15)26-22-20(18)21(27-28-22)16-4-5-16/h6-9,14,16,31H,4-5,10-13H2,1-3H3,(H,26,27,28). The summed E-state index contributed by atoms with van der Waals surface area (Å²) in [4.78, 5) is 34.3. The van der Waals surface area contributed by atoms with Crippen molar-refractivity contribution in [2.75, 3.05) is 26.2 Å². The number of aromatic amines is 1. The molecular weight excluding hydrogens is 434 g/mol. The Morgan fingerprint density at radius 3 is 2.32 bits per heavy atom. The zero-order valence-electron chi connectivity index (χ0n) is 19.7. The van der Waals surface area contributed by atoms with Crippen molar-refractivity contribution in [3.63, 3.8) is 0 Å². The summed E-state index contributed by atoms with van der Waals surface area (Å²) in [7, 11) is 0. The highest BCUT2D eigenvalue weighted by Gasteiger charge is 2.33. The summed E-state index contributed by atoms with van der Waals surface area (Å²) in [5.74, 6) is 0.446. The van der Waals surface area contributed by atoms with Crippen molar-refractivity contribution in [3.8, 4) is 17.0 Å². The maximum Gasteiger partial charge on any atom is 0.410 e. The van der Waals surface area contributed by atoms with Gasteiger partial charge in [-0.1, -0.05) is 0 Å². The Morgan fingerprint density at radius 2 is 1.71 bits per heavy atom. The predicted octanol–water partition coefficient (Wildman–Crippen LogP) is 3.90. The van der Waals surface area contributed by atoms with Gasteiger partial charge in [-0.2, -0.15) is 5.10 Å². The summed E-state index contributed by atoms with van der Waals surface area (Å²) < 4.78 is 5.47. The molecule has 3 aromatic rings. The van der Waals surface area contributed by atoms with Crippen LogP contribution in [0.1, 0.15) is 55.6 Å². The first-order valence-corrected chi connectivity index (χ1v) is 11.7. The number of carbonyl (C=O) groups excluding carboxylic acids is 2. The minimum absolute atomic E-state index is 0.0976. The van der Waals surface area contributed by atoms with E-state index in [1.165, 1.54) is 0 Å². The van der Waals surface area contributed by atoms with Gasteiger partial charge in [-0.05, 0) is 63.9 Å². The highest BCUT2D eigenvalue weighted by atomic mass is 16.6. The van der Waals surface area contributed by atoms with E-state index in [2.05, 4.69) is 10.2 Å². The molecule has 178 valence electrons. The van der Waals surface area contributed by atoms with Crippen LogP contribution in [0.2, 0.25) is 0 Å². The first-order valence-electron chi connectivity index (χ1n) is 11.7. The van der Waals surface area contributed by atoms with Crippen LogP contribution in [0.4, 0.5) is 4.79 Å². The van der Waals surface area contributed by atoms with Crippen LogP contribution in [-0.4, -0.2) is 73.9 Å². The summed E-state index contributed by atoms with van der Waals surface area (Å²) in [6.07, 6.45) is 1.78. The number of aromatic nitrogens is 3. The van der Waals surface area contributed by atoms with Crippen LogP contribution in [-0.2, 0) is 4.74 Å². The molecule has 2 N–H and O–H groups in total. The molecule has 5 rings (SSSR count). The van der Waals surface area contributed by atoms with Gasteiger partial charge in [-0.3, -0.25) is 9.89 Å². The Labute approximate surface area is 197 Å². The molecule has 1 saturated carbocycles. The Morgan fingerprint density at radius 1 is 1.06 bits per heavy atom. The van der Waals surface area contributed by atoms with Crippen molar-refractivity contribution < 1.29 is 19.4 Å². The second-order valence-corrected chi connectivity index (χ2v) is 9.97. The summed E-state index contributed by atoms with van der Waals surface area (Å²) in [6, 6.07) is 8.55. The zero-order chi connectivity index (χ0) is 24.0. The lowest BCUT2D eigenvalue weighted by Crippen LogP contribution is -2.51. The number of nitrogens with one attached hydrogen (secondary N) is 1. The SMILES string of the molecule is CC(C)(C)OC(=O)N1CCN(C(=O)c2cc(-c3ccc(O)cc3)nc3n[nH]c(C4CC4)c23)CC1. The highest BCUT2D eigenvalue weighted by Crippen LogP contribution is 2.43. The molecule has 0 bridgehead atoms. The number of H-pyrrole nitrogens is 1. The number of pyridine rings is 1. The summed E-state index contributed by atoms with van der Waals surface area (Å²) in [5.41, 5.74) is 2.90. The van der Waals surface area contributed by atoms with Gasteiger partial charge in [0.15, 0.2) is 5.65 Å². The van der Waals surface area contributed by atoms with E-state index in [9.17, 15) is 14.7 Å². The third kappa shape index (κ3) is 4.42. The first kappa shape index (κ1) is 22.2. The van der Waals surface area contributed by atoms with Gasteiger partial charge in [0.2, 0.25) is 0 Å². The topological polar surface area (TPSA) is 112 Å². The number of rotatable bonds is 3. The van der Waals surface area contributed by atoms with Crippen LogP contribution in [0, 0.1) is 0 Å². The number of ether oxygens (including phenoxy) is 1. The van der Waals surface area contributed by atoms with E-state index in [-0.39, 0.29) is 17.7 Å². The fourth-order valence-electron chi connectivity index (χ4n) is 4.25. The molecule has 1 aliphatic carbocycles. The minimum Gasteiger partial charge on any atom is -0.508 e. The quantitative estimate of drug-likeness (QED) is 0.609. The van der Waals surface area contributed by atoms with Crippen LogP contribution in [0.15, 0.2) is 30.3 Å². The lowest BCUT2D eigenvalue weighted by molar-refractivity contribution is 0.0141. The number of carbonyl (C=O) groups is 2. The number of hydrogen-bond donors (Lipinski definition) is 2. The molecule has 2 aromatic heterocycles. The van der Waals surface area contributed by atoms with Gasteiger partial charge in [0.1, 0.15) is 11.4 Å². The van der Waals surface area contributed by atoms with Crippen LogP contribution in [0.25, 0.3) is 22.3 Å². The number of hydrogen-bond acceptors (Lipinski definition) is 6. The molecule has 34 heavy (non-hydrogen) atoms. The van der Waals surface area contributed by atoms with Crippen molar-refractivity contribution in [3.05, 3.63) is 41.6 Å². The largest absolute Gasteiger partial charge is 0.508 e. The van der Waals surface area contributed by atoms with Crippen molar-refractivity contribution in [1.82, 2.24) is 25.0 Å². The summed E-state index contributed by atoms with van der Waals surface area (Å²) >= 11 is 0. The van der Waals surface area contributed by atoms with Crippen LogP contribution in [0.3, 0.4) is 0 Å². The van der Waals surface area contributed by atoms with Crippen LogP contribution in [0.5, 0.6) is 5.75 Å². The first-order chi connectivity index (χ1) is 16.2. The zero-order valence-corrected chi connectivity index (χ0v) is 19.7. The molecule has 1 saturated heterocycles. The normalized spacial score (nSPS) is 16.7. The van der Waals surface area contributed by atoms with Gasteiger partial charge in [0, 0.05) is 43.4 Å². The third-order valence-electron chi connectivity index (χ3n) is 6.15. The van der Waals surface area contributed by atoms with Gasteiger partial charge in [0.05, 0.1) is 16.6 Å². The Bertz CT molecular complexity index is 1230. The number of benzene rings is 1.